The number of imidazole rings is 1. The summed E-state index contributed by atoms with van der Waals surface area (Å²) < 4.78 is 42.1. The average Bonchev–Trinajstić information content (AvgIpc) is 3.84. The first-order chi connectivity index (χ1) is 28.9. The van der Waals surface area contributed by atoms with Crippen molar-refractivity contribution in [3.8, 4) is 16.6 Å². The smallest absolute Gasteiger partial charge is 0.408 e. The molecule has 5 atom stereocenters. The van der Waals surface area contributed by atoms with Crippen molar-refractivity contribution in [3.63, 3.8) is 0 Å². The molecule has 1 aromatic carbocycles. The van der Waals surface area contributed by atoms with Crippen LogP contribution < -0.4 is 20.1 Å². The van der Waals surface area contributed by atoms with Crippen molar-refractivity contribution in [1.82, 2.24) is 34.8 Å². The van der Waals surface area contributed by atoms with Crippen LogP contribution in [0.4, 0.5) is 4.79 Å². The fourth-order valence-electron chi connectivity index (χ4n) is 8.70. The fourth-order valence-corrected chi connectivity index (χ4v) is 10.9. The summed E-state index contributed by atoms with van der Waals surface area (Å²) in [6.45, 7) is 10.9. The van der Waals surface area contributed by atoms with Crippen LogP contribution in [0.3, 0.4) is 0 Å². The molecule has 3 aliphatic carbocycles. The second kappa shape index (κ2) is 16.3. The molecule has 61 heavy (non-hydrogen) atoms. The molecule has 3 saturated carbocycles. The van der Waals surface area contributed by atoms with Gasteiger partial charge in [0.25, 0.3) is 11.9 Å². The van der Waals surface area contributed by atoms with Gasteiger partial charge >= 0.3 is 6.09 Å². The molecule has 0 bridgehead atoms. The topological polar surface area (TPSA) is 191 Å². The van der Waals surface area contributed by atoms with Gasteiger partial charge in [-0.1, -0.05) is 37.5 Å². The number of carbonyl (C=O) groups is 4. The molecule has 3 aromatic rings. The molecule has 4 amide bonds. The van der Waals surface area contributed by atoms with Gasteiger partial charge in [-0.3, -0.25) is 23.7 Å². The van der Waals surface area contributed by atoms with E-state index in [2.05, 4.69) is 20.7 Å². The van der Waals surface area contributed by atoms with Crippen molar-refractivity contribution in [2.24, 2.45) is 5.92 Å². The molecule has 2 aromatic heterocycles. The molecule has 4 heterocycles. The molecular weight excluding hydrogens is 819 g/mol. The number of carbonyl (C=O) groups excluding carboxylic acids is 4. The van der Waals surface area contributed by atoms with Crippen LogP contribution in [0.15, 0.2) is 35.7 Å². The van der Waals surface area contributed by atoms with Crippen LogP contribution in [0.5, 0.6) is 6.01 Å². The maximum absolute atomic E-state index is 14.7. The van der Waals surface area contributed by atoms with E-state index < -0.39 is 73.8 Å². The second-order valence-electron chi connectivity index (χ2n) is 19.1. The molecular formula is C44H59N7O8S2. The second-order valence-corrected chi connectivity index (χ2v) is 22.2. The molecule has 0 radical (unpaired) electrons. The van der Waals surface area contributed by atoms with Gasteiger partial charge in [0.2, 0.25) is 21.8 Å². The number of sulfonamides is 1. The van der Waals surface area contributed by atoms with Crippen molar-refractivity contribution in [2.45, 2.75) is 165 Å². The summed E-state index contributed by atoms with van der Waals surface area (Å²) in [7, 11) is -4.00. The highest BCUT2D eigenvalue weighted by atomic mass is 32.2. The first kappa shape index (κ1) is 43.2. The summed E-state index contributed by atoms with van der Waals surface area (Å²) in [5, 5.41) is 8.75. The van der Waals surface area contributed by atoms with Crippen LogP contribution in [0.25, 0.3) is 21.6 Å². The van der Waals surface area contributed by atoms with Crippen LogP contribution in [0.1, 0.15) is 136 Å². The molecule has 17 heteroatoms. The number of thiazole rings is 1. The van der Waals surface area contributed by atoms with E-state index in [9.17, 15) is 27.6 Å². The van der Waals surface area contributed by atoms with E-state index in [0.29, 0.717) is 44.0 Å². The zero-order chi connectivity index (χ0) is 43.5. The lowest BCUT2D eigenvalue weighted by atomic mass is 9.83. The number of rotatable bonds is 9. The summed E-state index contributed by atoms with van der Waals surface area (Å²) in [5.41, 5.74) is 1.28. The van der Waals surface area contributed by atoms with Gasteiger partial charge in [-0.15, -0.1) is 11.3 Å². The van der Waals surface area contributed by atoms with Gasteiger partial charge in [0.05, 0.1) is 22.5 Å². The summed E-state index contributed by atoms with van der Waals surface area (Å²) in [6, 6.07) is 4.14. The minimum absolute atomic E-state index is 0.00985. The van der Waals surface area contributed by atoms with Gasteiger partial charge in [-0.25, -0.2) is 18.2 Å². The van der Waals surface area contributed by atoms with Gasteiger partial charge in [0, 0.05) is 35.2 Å². The number of allylic oxidation sites excluding steroid dienone is 1. The summed E-state index contributed by atoms with van der Waals surface area (Å²) in [6.07, 6.45) is 10.2. The van der Waals surface area contributed by atoms with E-state index in [4.69, 9.17) is 19.4 Å². The Labute approximate surface area is 361 Å². The normalized spacial score (nSPS) is 27.5. The van der Waals surface area contributed by atoms with E-state index in [-0.39, 0.29) is 25.4 Å². The fraction of sp³-hybridized carbons (Fsp3) is 0.636. The number of hydrogen-bond acceptors (Lipinski definition) is 11. The van der Waals surface area contributed by atoms with E-state index in [1.54, 1.807) is 39.0 Å². The van der Waals surface area contributed by atoms with Crippen molar-refractivity contribution in [2.75, 3.05) is 6.54 Å². The zero-order valence-electron chi connectivity index (χ0n) is 36.0. The Kier molecular flexibility index (Phi) is 11.5. The zero-order valence-corrected chi connectivity index (χ0v) is 37.6. The predicted octanol–water partition coefficient (Wildman–Crippen LogP) is 6.64. The number of aromatic nitrogens is 3. The summed E-state index contributed by atoms with van der Waals surface area (Å²) >= 11 is 1.60. The predicted molar refractivity (Wildman–Crippen MR) is 231 cm³/mol. The molecule has 5 aliphatic rings. The van der Waals surface area contributed by atoms with Crippen LogP contribution in [0, 0.1) is 5.92 Å². The molecule has 3 N–H and O–H groups in total. The lowest BCUT2D eigenvalue weighted by molar-refractivity contribution is -0.141. The third kappa shape index (κ3) is 8.78. The average molecular weight is 878 g/mol. The third-order valence-corrected chi connectivity index (χ3v) is 16.0. The van der Waals surface area contributed by atoms with Crippen LogP contribution >= 0.6 is 11.3 Å². The number of nitrogens with one attached hydrogen (secondary N) is 3. The highest BCUT2D eigenvalue weighted by Crippen LogP contribution is 2.48. The SMILES string of the molecule is CC(C)n1c(O[C@@H]2C[C@H]3C(=O)N[C@]4(C(=O)NS(=O)(=O)C5(C)CC5)C[C@H]4/C=C\CCCCC[C@H](NC(=O)OC(C)(C)C)C(=O)N3C2)nc2c(-c3nc(C4CCC4)cs3)cccc21. The molecule has 8 rings (SSSR count). The van der Waals surface area contributed by atoms with Crippen molar-refractivity contribution in [1.29, 1.82) is 0 Å². The minimum Gasteiger partial charge on any atom is -0.459 e. The Hall–Kier alpha value is -4.51. The Balaban J connectivity index is 1.11. The van der Waals surface area contributed by atoms with Gasteiger partial charge in [-0.05, 0) is 105 Å². The number of amides is 4. The van der Waals surface area contributed by atoms with Gasteiger partial charge < -0.3 is 25.0 Å². The number of fused-ring (bicyclic) bond motifs is 3. The maximum atomic E-state index is 14.7. The quantitative estimate of drug-likeness (QED) is 0.196. The number of para-hydroxylation sites is 1. The molecule has 330 valence electrons. The Morgan fingerprint density at radius 2 is 1.82 bits per heavy atom. The largest absolute Gasteiger partial charge is 0.459 e. The minimum atomic E-state index is -4.00. The molecule has 1 saturated heterocycles. The first-order valence-electron chi connectivity index (χ1n) is 21.9. The van der Waals surface area contributed by atoms with Crippen LogP contribution in [-0.2, 0) is 29.1 Å². The first-order valence-corrected chi connectivity index (χ1v) is 24.2. The molecule has 0 spiro atoms. The highest BCUT2D eigenvalue weighted by molar-refractivity contribution is 7.91. The van der Waals surface area contributed by atoms with Crippen molar-refractivity contribution in [3.05, 3.63) is 41.4 Å². The number of alkyl carbamates (subject to hydrolysis) is 1. The molecule has 4 fully saturated rings. The number of hydrogen-bond donors (Lipinski definition) is 3. The third-order valence-electron chi connectivity index (χ3n) is 12.9. The number of nitrogens with zero attached hydrogens (tertiary/aromatic N) is 4. The Bertz CT molecular complexity index is 2340. The van der Waals surface area contributed by atoms with Gasteiger partial charge in [0.15, 0.2) is 0 Å². The lowest BCUT2D eigenvalue weighted by Crippen LogP contribution is -2.58. The van der Waals surface area contributed by atoms with Crippen molar-refractivity contribution >= 4 is 56.2 Å². The van der Waals surface area contributed by atoms with Crippen LogP contribution in [-0.4, -0.2) is 92.3 Å². The maximum Gasteiger partial charge on any atom is 0.408 e. The monoisotopic (exact) mass is 877 g/mol. The molecule has 15 nitrogen and oxygen atoms in total. The van der Waals surface area contributed by atoms with E-state index >= 15 is 0 Å². The standard InChI is InChI=1S/C44H59N7O8S2/c1-26(2)51-33-19-13-17-30(37-45-32(25-60-37)27-14-12-15-27)35(33)47-40(51)58-29-22-34-36(52)48-44(39(54)49-61(56,57)43(6)20-21-43)23-28(44)16-10-8-7-9-11-18-31(38(53)50(34)24-29)46-41(55)59-42(3,4)5/h10,13,16-17,19,25-29,31,34H,7-9,11-12,14-15,18,20-24H2,1-6H3,(H,46,55)(H,48,52)(H,49,54)/b16-10-/t28-,29-,31+,34+,44-/m1/s1. The van der Waals surface area contributed by atoms with E-state index in [0.717, 1.165) is 53.0 Å². The van der Waals surface area contributed by atoms with E-state index in [1.807, 2.05) is 48.8 Å². The molecule has 0 unspecified atom stereocenters. The Morgan fingerprint density at radius 3 is 2.51 bits per heavy atom. The summed E-state index contributed by atoms with van der Waals surface area (Å²) in [4.78, 5) is 68.0. The lowest BCUT2D eigenvalue weighted by Gasteiger charge is -2.30. The van der Waals surface area contributed by atoms with Gasteiger partial charge in [0.1, 0.15) is 39.9 Å². The number of benzene rings is 1. The van der Waals surface area contributed by atoms with Crippen LogP contribution in [0.2, 0.25) is 0 Å². The number of ether oxygens (including phenoxy) is 2. The van der Waals surface area contributed by atoms with E-state index in [1.165, 1.54) is 11.3 Å². The highest BCUT2D eigenvalue weighted by Gasteiger charge is 2.63. The van der Waals surface area contributed by atoms with Gasteiger partial charge in [-0.2, -0.15) is 4.98 Å². The molecule has 2 aliphatic heterocycles. The summed E-state index contributed by atoms with van der Waals surface area (Å²) in [5.74, 6) is -1.83. The van der Waals surface area contributed by atoms with Crippen molar-refractivity contribution < 1.29 is 37.1 Å². The Morgan fingerprint density at radius 1 is 1.05 bits per heavy atom.